The van der Waals surface area contributed by atoms with Gasteiger partial charge in [-0.3, -0.25) is 0 Å². The quantitative estimate of drug-likeness (QED) is 0.529. The molecule has 0 atom stereocenters. The van der Waals surface area contributed by atoms with Gasteiger partial charge in [0.25, 0.3) is 0 Å². The van der Waals surface area contributed by atoms with E-state index in [1.54, 1.807) is 12.5 Å². The van der Waals surface area contributed by atoms with Crippen LogP contribution in [0, 0.1) is 0 Å². The SMILES string of the molecule is CC(C)(C)c1ncco1. The normalized spacial score (nSPS) is 11.9. The maximum absolute atomic E-state index is 5.09. The van der Waals surface area contributed by atoms with E-state index in [2.05, 4.69) is 25.8 Å². The molecule has 0 saturated carbocycles. The van der Waals surface area contributed by atoms with Gasteiger partial charge in [-0.25, -0.2) is 4.98 Å². The molecule has 0 amide bonds. The molecule has 0 aliphatic carbocycles. The lowest BCUT2D eigenvalue weighted by atomic mass is 9.97. The molecule has 0 aromatic carbocycles. The monoisotopic (exact) mass is 125 g/mol. The molecule has 1 aromatic heterocycles. The molecule has 0 fully saturated rings. The second-order valence-electron chi connectivity index (χ2n) is 3.09. The maximum atomic E-state index is 5.09. The predicted molar refractivity (Wildman–Crippen MR) is 35.2 cm³/mol. The van der Waals surface area contributed by atoms with Crippen molar-refractivity contribution in [1.82, 2.24) is 4.98 Å². The molecule has 0 spiro atoms. The third-order valence-corrected chi connectivity index (χ3v) is 1.07. The van der Waals surface area contributed by atoms with E-state index < -0.39 is 0 Å². The van der Waals surface area contributed by atoms with Crippen LogP contribution in [0.1, 0.15) is 26.7 Å². The summed E-state index contributed by atoms with van der Waals surface area (Å²) in [4.78, 5) is 4.02. The molecule has 50 valence electrons. The summed E-state index contributed by atoms with van der Waals surface area (Å²) in [6.45, 7) is 6.20. The van der Waals surface area contributed by atoms with Gasteiger partial charge in [0, 0.05) is 5.41 Å². The van der Waals surface area contributed by atoms with Crippen LogP contribution in [0.4, 0.5) is 0 Å². The van der Waals surface area contributed by atoms with E-state index in [9.17, 15) is 0 Å². The zero-order valence-electron chi connectivity index (χ0n) is 6.01. The van der Waals surface area contributed by atoms with Crippen molar-refractivity contribution in [2.75, 3.05) is 0 Å². The highest BCUT2D eigenvalue weighted by molar-refractivity contribution is 4.95. The lowest BCUT2D eigenvalue weighted by Gasteiger charge is -2.11. The summed E-state index contributed by atoms with van der Waals surface area (Å²) in [7, 11) is 0. The summed E-state index contributed by atoms with van der Waals surface area (Å²) in [6.07, 6.45) is 3.27. The molecule has 0 unspecified atom stereocenters. The van der Waals surface area contributed by atoms with Crippen molar-refractivity contribution < 1.29 is 4.42 Å². The van der Waals surface area contributed by atoms with Gasteiger partial charge in [-0.15, -0.1) is 0 Å². The largest absolute Gasteiger partial charge is 0.448 e. The first-order valence-electron chi connectivity index (χ1n) is 3.00. The summed E-state index contributed by atoms with van der Waals surface area (Å²) < 4.78 is 5.09. The smallest absolute Gasteiger partial charge is 0.199 e. The van der Waals surface area contributed by atoms with Gasteiger partial charge < -0.3 is 4.42 Å². The topological polar surface area (TPSA) is 26.0 Å². The fourth-order valence-corrected chi connectivity index (χ4v) is 0.594. The van der Waals surface area contributed by atoms with Gasteiger partial charge in [0.1, 0.15) is 6.26 Å². The summed E-state index contributed by atoms with van der Waals surface area (Å²) in [5, 5.41) is 0. The van der Waals surface area contributed by atoms with Gasteiger partial charge in [0.05, 0.1) is 6.20 Å². The number of oxazole rings is 1. The van der Waals surface area contributed by atoms with Crippen LogP contribution in [0.3, 0.4) is 0 Å². The van der Waals surface area contributed by atoms with Crippen molar-refractivity contribution >= 4 is 0 Å². The average Bonchev–Trinajstić information content (AvgIpc) is 2.08. The Labute approximate surface area is 54.9 Å². The predicted octanol–water partition coefficient (Wildman–Crippen LogP) is 1.97. The minimum atomic E-state index is 0.0451. The Morgan fingerprint density at radius 2 is 2.11 bits per heavy atom. The molecule has 0 aliphatic rings. The van der Waals surface area contributed by atoms with Crippen molar-refractivity contribution in [2.45, 2.75) is 26.2 Å². The number of aromatic nitrogens is 1. The molecule has 1 heterocycles. The number of hydrogen-bond donors (Lipinski definition) is 0. The number of nitrogens with zero attached hydrogens (tertiary/aromatic N) is 1. The van der Waals surface area contributed by atoms with E-state index in [0.717, 1.165) is 5.89 Å². The van der Waals surface area contributed by atoms with Crippen molar-refractivity contribution in [3.63, 3.8) is 0 Å². The summed E-state index contributed by atoms with van der Waals surface area (Å²) in [6, 6.07) is 0. The molecule has 1 aromatic rings. The van der Waals surface area contributed by atoms with Gasteiger partial charge in [-0.1, -0.05) is 20.8 Å². The van der Waals surface area contributed by atoms with Crippen LogP contribution < -0.4 is 0 Å². The Morgan fingerprint density at radius 1 is 1.44 bits per heavy atom. The highest BCUT2D eigenvalue weighted by Crippen LogP contribution is 2.18. The van der Waals surface area contributed by atoms with Crippen LogP contribution in [-0.2, 0) is 5.41 Å². The second kappa shape index (κ2) is 1.87. The fourth-order valence-electron chi connectivity index (χ4n) is 0.594. The van der Waals surface area contributed by atoms with Crippen molar-refractivity contribution in [3.8, 4) is 0 Å². The Bertz CT molecular complexity index is 171. The van der Waals surface area contributed by atoms with Crippen LogP contribution in [0.5, 0.6) is 0 Å². The first-order valence-corrected chi connectivity index (χ1v) is 3.00. The first kappa shape index (κ1) is 6.33. The van der Waals surface area contributed by atoms with E-state index in [4.69, 9.17) is 4.42 Å². The van der Waals surface area contributed by atoms with Gasteiger partial charge in [0.2, 0.25) is 0 Å². The van der Waals surface area contributed by atoms with Crippen molar-refractivity contribution in [1.29, 1.82) is 0 Å². The third kappa shape index (κ3) is 1.31. The summed E-state index contributed by atoms with van der Waals surface area (Å²) in [5.41, 5.74) is 0.0451. The van der Waals surface area contributed by atoms with Gasteiger partial charge in [-0.2, -0.15) is 0 Å². The third-order valence-electron chi connectivity index (χ3n) is 1.07. The highest BCUT2D eigenvalue weighted by atomic mass is 16.3. The fraction of sp³-hybridized carbons (Fsp3) is 0.571. The molecular weight excluding hydrogens is 114 g/mol. The average molecular weight is 125 g/mol. The summed E-state index contributed by atoms with van der Waals surface area (Å²) in [5.74, 6) is 0.794. The molecule has 0 N–H and O–H groups in total. The van der Waals surface area contributed by atoms with Crippen LogP contribution in [-0.4, -0.2) is 4.98 Å². The molecule has 0 aliphatic heterocycles. The van der Waals surface area contributed by atoms with Crippen LogP contribution in [0.25, 0.3) is 0 Å². The van der Waals surface area contributed by atoms with E-state index in [-0.39, 0.29) is 5.41 Å². The number of rotatable bonds is 0. The molecule has 9 heavy (non-hydrogen) atoms. The Balaban J connectivity index is 2.90. The Hall–Kier alpha value is -0.790. The lowest BCUT2D eigenvalue weighted by Crippen LogP contribution is -2.10. The molecule has 2 nitrogen and oxygen atoms in total. The minimum absolute atomic E-state index is 0.0451. The Morgan fingerprint density at radius 3 is 2.33 bits per heavy atom. The molecule has 2 heteroatoms. The van der Waals surface area contributed by atoms with E-state index in [1.807, 2.05) is 0 Å². The van der Waals surface area contributed by atoms with Gasteiger partial charge in [-0.05, 0) is 0 Å². The molecule has 0 saturated heterocycles. The van der Waals surface area contributed by atoms with Crippen LogP contribution in [0.2, 0.25) is 0 Å². The first-order chi connectivity index (χ1) is 4.11. The van der Waals surface area contributed by atoms with Crippen molar-refractivity contribution in [2.24, 2.45) is 0 Å². The van der Waals surface area contributed by atoms with Gasteiger partial charge in [0.15, 0.2) is 5.89 Å². The standard InChI is InChI=1S/C7H11NO/c1-7(2,3)6-8-4-5-9-6/h4-5H,1-3H3. The highest BCUT2D eigenvalue weighted by Gasteiger charge is 2.17. The van der Waals surface area contributed by atoms with E-state index in [1.165, 1.54) is 0 Å². The zero-order valence-corrected chi connectivity index (χ0v) is 6.01. The zero-order chi connectivity index (χ0) is 6.91. The lowest BCUT2D eigenvalue weighted by molar-refractivity contribution is 0.392. The Kier molecular flexibility index (Phi) is 1.31. The molecule has 0 bridgehead atoms. The second-order valence-corrected chi connectivity index (χ2v) is 3.09. The van der Waals surface area contributed by atoms with E-state index >= 15 is 0 Å². The molecule has 0 radical (unpaired) electrons. The van der Waals surface area contributed by atoms with Crippen LogP contribution in [0.15, 0.2) is 16.9 Å². The molecular formula is C7H11NO. The summed E-state index contributed by atoms with van der Waals surface area (Å²) >= 11 is 0. The van der Waals surface area contributed by atoms with Crippen LogP contribution >= 0.6 is 0 Å². The molecule has 1 rings (SSSR count). The van der Waals surface area contributed by atoms with Crippen molar-refractivity contribution in [3.05, 3.63) is 18.4 Å². The maximum Gasteiger partial charge on any atom is 0.199 e. The minimum Gasteiger partial charge on any atom is -0.448 e. The van der Waals surface area contributed by atoms with E-state index in [0.29, 0.717) is 0 Å². The van der Waals surface area contributed by atoms with Gasteiger partial charge >= 0.3 is 0 Å². The number of hydrogen-bond acceptors (Lipinski definition) is 2.